The van der Waals surface area contributed by atoms with E-state index in [-0.39, 0.29) is 24.3 Å². The summed E-state index contributed by atoms with van der Waals surface area (Å²) >= 11 is 0. The van der Waals surface area contributed by atoms with Crippen molar-refractivity contribution in [3.8, 4) is 0 Å². The number of piperazine rings is 1. The molecule has 0 bridgehead atoms. The number of carbonyl (C=O) groups is 2. The molecule has 1 rings (SSSR count). The topological polar surface area (TPSA) is 49.4 Å². The van der Waals surface area contributed by atoms with E-state index < -0.39 is 18.8 Å². The summed E-state index contributed by atoms with van der Waals surface area (Å²) in [4.78, 5) is 25.4. The summed E-state index contributed by atoms with van der Waals surface area (Å²) in [6.45, 7) is 5.09. The number of nitrogens with zero attached hydrogens (tertiary/aromatic N) is 1. The van der Waals surface area contributed by atoms with E-state index in [9.17, 15) is 14.0 Å². The first-order valence-corrected chi connectivity index (χ1v) is 6.19. The van der Waals surface area contributed by atoms with Gasteiger partial charge >= 0.3 is 0 Å². The van der Waals surface area contributed by atoms with Gasteiger partial charge in [0.05, 0.1) is 0 Å². The predicted octanol–water partition coefficient (Wildman–Crippen LogP) is 1.11. The number of hydrogen-bond acceptors (Lipinski definition) is 2. The molecule has 0 aromatic rings. The second-order valence-corrected chi connectivity index (χ2v) is 4.76. The molecule has 0 radical (unpaired) electrons. The molecule has 1 aliphatic rings. The van der Waals surface area contributed by atoms with E-state index in [1.165, 1.54) is 4.90 Å². The smallest absolute Gasteiger partial charge is 0.246 e. The minimum absolute atomic E-state index is 0.0140. The van der Waals surface area contributed by atoms with Gasteiger partial charge in [-0.2, -0.15) is 0 Å². The standard InChI is InChI=1S/C12H21FN2O2/c1-4-5-9-11(16)14-10(8(2)3)12(17)15(9)7-6-13/h8-10H,4-7H2,1-3H3,(H,14,16). The van der Waals surface area contributed by atoms with Crippen LogP contribution >= 0.6 is 0 Å². The number of hydrogen-bond donors (Lipinski definition) is 1. The highest BCUT2D eigenvalue weighted by atomic mass is 19.1. The highest BCUT2D eigenvalue weighted by Gasteiger charge is 2.40. The Morgan fingerprint density at radius 2 is 2.06 bits per heavy atom. The predicted molar refractivity (Wildman–Crippen MR) is 63.2 cm³/mol. The van der Waals surface area contributed by atoms with Gasteiger partial charge < -0.3 is 10.2 Å². The van der Waals surface area contributed by atoms with Crippen molar-refractivity contribution in [2.75, 3.05) is 13.2 Å². The van der Waals surface area contributed by atoms with E-state index in [2.05, 4.69) is 5.32 Å². The van der Waals surface area contributed by atoms with Gasteiger partial charge in [-0.1, -0.05) is 27.2 Å². The van der Waals surface area contributed by atoms with E-state index in [4.69, 9.17) is 0 Å². The fourth-order valence-electron chi connectivity index (χ4n) is 2.15. The van der Waals surface area contributed by atoms with Crippen molar-refractivity contribution in [1.29, 1.82) is 0 Å². The fraction of sp³-hybridized carbons (Fsp3) is 0.833. The van der Waals surface area contributed by atoms with Crippen LogP contribution in [-0.2, 0) is 9.59 Å². The molecule has 4 nitrogen and oxygen atoms in total. The highest BCUT2D eigenvalue weighted by Crippen LogP contribution is 2.18. The third kappa shape index (κ3) is 2.96. The minimum atomic E-state index is -0.607. The SMILES string of the molecule is CCCC1C(=O)NC(C(C)C)C(=O)N1CCF. The van der Waals surface area contributed by atoms with Crippen LogP contribution in [0, 0.1) is 5.92 Å². The molecule has 0 aliphatic carbocycles. The summed E-state index contributed by atoms with van der Waals surface area (Å²) < 4.78 is 12.5. The lowest BCUT2D eigenvalue weighted by Gasteiger charge is -2.39. The zero-order valence-electron chi connectivity index (χ0n) is 10.7. The molecule has 2 unspecified atom stereocenters. The van der Waals surface area contributed by atoms with Crippen LogP contribution in [0.5, 0.6) is 0 Å². The van der Waals surface area contributed by atoms with Gasteiger partial charge in [-0.15, -0.1) is 0 Å². The molecule has 1 saturated heterocycles. The van der Waals surface area contributed by atoms with Gasteiger partial charge in [0.15, 0.2) is 0 Å². The van der Waals surface area contributed by atoms with E-state index >= 15 is 0 Å². The first-order chi connectivity index (χ1) is 8.02. The number of amides is 2. The van der Waals surface area contributed by atoms with Gasteiger partial charge in [0.1, 0.15) is 18.8 Å². The van der Waals surface area contributed by atoms with Crippen LogP contribution in [-0.4, -0.2) is 42.0 Å². The summed E-state index contributed by atoms with van der Waals surface area (Å²) in [5.74, 6) is -0.287. The van der Waals surface area contributed by atoms with Crippen LogP contribution in [0.2, 0.25) is 0 Å². The Kier molecular flexibility index (Phi) is 4.90. The van der Waals surface area contributed by atoms with Crippen molar-refractivity contribution in [3.05, 3.63) is 0 Å². The summed E-state index contributed by atoms with van der Waals surface area (Å²) in [5, 5.41) is 2.74. The van der Waals surface area contributed by atoms with E-state index in [0.717, 1.165) is 6.42 Å². The average Bonchev–Trinajstić information content (AvgIpc) is 2.27. The number of carbonyl (C=O) groups excluding carboxylic acids is 2. The lowest BCUT2D eigenvalue weighted by atomic mass is 9.96. The van der Waals surface area contributed by atoms with Gasteiger partial charge in [-0.25, -0.2) is 4.39 Å². The van der Waals surface area contributed by atoms with Crippen LogP contribution in [0.3, 0.4) is 0 Å². The van der Waals surface area contributed by atoms with Gasteiger partial charge in [0.2, 0.25) is 11.8 Å². The van der Waals surface area contributed by atoms with Crippen LogP contribution in [0.1, 0.15) is 33.6 Å². The maximum absolute atomic E-state index is 12.5. The molecule has 0 spiro atoms. The third-order valence-corrected chi connectivity index (χ3v) is 3.08. The number of halogens is 1. The number of rotatable bonds is 5. The second-order valence-electron chi connectivity index (χ2n) is 4.76. The molecule has 1 aliphatic heterocycles. The molecule has 0 aromatic carbocycles. The monoisotopic (exact) mass is 244 g/mol. The van der Waals surface area contributed by atoms with Crippen molar-refractivity contribution in [3.63, 3.8) is 0 Å². The van der Waals surface area contributed by atoms with Crippen LogP contribution in [0.25, 0.3) is 0 Å². The zero-order chi connectivity index (χ0) is 13.0. The fourth-order valence-corrected chi connectivity index (χ4v) is 2.15. The Hall–Kier alpha value is -1.13. The molecule has 2 amide bonds. The maximum Gasteiger partial charge on any atom is 0.246 e. The molecule has 98 valence electrons. The van der Waals surface area contributed by atoms with Gasteiger partial charge in [0.25, 0.3) is 0 Å². The molecular weight excluding hydrogens is 223 g/mol. The lowest BCUT2D eigenvalue weighted by molar-refractivity contribution is -0.151. The van der Waals surface area contributed by atoms with Crippen molar-refractivity contribution in [1.82, 2.24) is 10.2 Å². The van der Waals surface area contributed by atoms with Crippen molar-refractivity contribution in [2.45, 2.75) is 45.7 Å². The minimum Gasteiger partial charge on any atom is -0.342 e. The Morgan fingerprint density at radius 3 is 2.53 bits per heavy atom. The molecule has 1 heterocycles. The van der Waals surface area contributed by atoms with Crippen molar-refractivity contribution >= 4 is 11.8 Å². The molecular formula is C12H21FN2O2. The first kappa shape index (κ1) is 13.9. The Bertz CT molecular complexity index is 294. The Morgan fingerprint density at radius 1 is 1.41 bits per heavy atom. The normalized spacial score (nSPS) is 25.4. The summed E-state index contributed by atoms with van der Waals surface area (Å²) in [5.41, 5.74) is 0. The number of alkyl halides is 1. The third-order valence-electron chi connectivity index (χ3n) is 3.08. The zero-order valence-corrected chi connectivity index (χ0v) is 10.7. The Balaban J connectivity index is 2.88. The molecule has 5 heteroatoms. The average molecular weight is 244 g/mol. The quantitative estimate of drug-likeness (QED) is 0.787. The van der Waals surface area contributed by atoms with Crippen molar-refractivity contribution < 1.29 is 14.0 Å². The van der Waals surface area contributed by atoms with Crippen molar-refractivity contribution in [2.24, 2.45) is 5.92 Å². The molecule has 17 heavy (non-hydrogen) atoms. The summed E-state index contributed by atoms with van der Waals surface area (Å²) in [6.07, 6.45) is 1.38. The largest absolute Gasteiger partial charge is 0.342 e. The lowest BCUT2D eigenvalue weighted by Crippen LogP contribution is -2.64. The molecule has 2 atom stereocenters. The maximum atomic E-state index is 12.5. The molecule has 1 N–H and O–H groups in total. The van der Waals surface area contributed by atoms with Crippen LogP contribution in [0.4, 0.5) is 4.39 Å². The van der Waals surface area contributed by atoms with E-state index in [1.807, 2.05) is 20.8 Å². The van der Waals surface area contributed by atoms with Gasteiger partial charge in [-0.05, 0) is 12.3 Å². The van der Waals surface area contributed by atoms with E-state index in [0.29, 0.717) is 6.42 Å². The summed E-state index contributed by atoms with van der Waals surface area (Å²) in [7, 11) is 0. The van der Waals surface area contributed by atoms with Crippen LogP contribution < -0.4 is 5.32 Å². The highest BCUT2D eigenvalue weighted by molar-refractivity contribution is 5.97. The molecule has 0 saturated carbocycles. The second kappa shape index (κ2) is 5.98. The van der Waals surface area contributed by atoms with E-state index in [1.54, 1.807) is 0 Å². The van der Waals surface area contributed by atoms with Crippen LogP contribution in [0.15, 0.2) is 0 Å². The molecule has 1 fully saturated rings. The summed E-state index contributed by atoms with van der Waals surface area (Å²) in [6, 6.07) is -1.01. The molecule has 0 aromatic heterocycles. The van der Waals surface area contributed by atoms with Gasteiger partial charge in [0, 0.05) is 6.54 Å². The number of nitrogens with one attached hydrogen (secondary N) is 1. The first-order valence-electron chi connectivity index (χ1n) is 6.19. The van der Waals surface area contributed by atoms with Gasteiger partial charge in [-0.3, -0.25) is 9.59 Å². The Labute approximate surface area is 102 Å².